The molecule has 2 rings (SSSR count). The molecule has 2 aromatic rings. The molecule has 0 aliphatic heterocycles. The van der Waals surface area contributed by atoms with Gasteiger partial charge in [-0.2, -0.15) is 0 Å². The number of ether oxygens (including phenoxy) is 1. The molecule has 1 aromatic heterocycles. The number of hydrogen-bond donors (Lipinski definition) is 0. The van der Waals surface area contributed by atoms with Crippen molar-refractivity contribution in [3.05, 3.63) is 45.8 Å². The molecule has 0 aliphatic carbocycles. The predicted molar refractivity (Wildman–Crippen MR) is 94.6 cm³/mol. The van der Waals surface area contributed by atoms with Crippen LogP contribution in [-0.4, -0.2) is 31.2 Å². The molecular weight excluding hydrogens is 354 g/mol. The van der Waals surface area contributed by atoms with Gasteiger partial charge in [-0.15, -0.1) is 0 Å². The van der Waals surface area contributed by atoms with Gasteiger partial charge in [0.2, 0.25) is 0 Å². The summed E-state index contributed by atoms with van der Waals surface area (Å²) >= 11 is 12.1. The molecule has 1 heterocycles. The first-order valence-electron chi connectivity index (χ1n) is 7.42. The van der Waals surface area contributed by atoms with Gasteiger partial charge in [-0.25, -0.2) is 14.2 Å². The lowest BCUT2D eigenvalue weighted by molar-refractivity contribution is 0.0594. The first-order valence-corrected chi connectivity index (χ1v) is 8.18. The molecule has 0 N–H and O–H groups in total. The molecule has 0 unspecified atom stereocenters. The van der Waals surface area contributed by atoms with E-state index in [4.69, 9.17) is 23.2 Å². The molecule has 0 saturated heterocycles. The molecule has 24 heavy (non-hydrogen) atoms. The molecule has 0 atom stereocenters. The number of esters is 1. The third-order valence-electron chi connectivity index (χ3n) is 3.65. The van der Waals surface area contributed by atoms with Gasteiger partial charge in [0, 0.05) is 18.7 Å². The molecule has 128 valence electrons. The van der Waals surface area contributed by atoms with Crippen molar-refractivity contribution in [1.29, 1.82) is 0 Å². The van der Waals surface area contributed by atoms with Crippen LogP contribution >= 0.6 is 23.2 Å². The third kappa shape index (κ3) is 3.47. The van der Waals surface area contributed by atoms with E-state index >= 15 is 4.39 Å². The topological polar surface area (TPSA) is 42.4 Å². The van der Waals surface area contributed by atoms with E-state index in [-0.39, 0.29) is 22.0 Å². The molecule has 0 radical (unpaired) electrons. The van der Waals surface area contributed by atoms with E-state index < -0.39 is 11.8 Å². The molecule has 0 bridgehead atoms. The number of carbonyl (C=O) groups excluding carboxylic acids is 1. The number of hydrogen-bond acceptors (Lipinski definition) is 4. The van der Waals surface area contributed by atoms with E-state index in [1.807, 2.05) is 18.7 Å². The molecule has 0 spiro atoms. The highest BCUT2D eigenvalue weighted by Gasteiger charge is 2.20. The van der Waals surface area contributed by atoms with Crippen molar-refractivity contribution in [3.8, 4) is 11.3 Å². The Labute approximate surface area is 150 Å². The zero-order chi connectivity index (χ0) is 17.9. The van der Waals surface area contributed by atoms with Crippen molar-refractivity contribution in [1.82, 2.24) is 4.98 Å². The van der Waals surface area contributed by atoms with Crippen molar-refractivity contribution in [2.24, 2.45) is 0 Å². The van der Waals surface area contributed by atoms with E-state index in [0.29, 0.717) is 23.8 Å². The van der Waals surface area contributed by atoms with Crippen molar-refractivity contribution < 1.29 is 13.9 Å². The van der Waals surface area contributed by atoms with Gasteiger partial charge in [0.1, 0.15) is 0 Å². The summed E-state index contributed by atoms with van der Waals surface area (Å²) in [5.74, 6) is -1.17. The van der Waals surface area contributed by atoms with Crippen LogP contribution in [0.1, 0.15) is 24.3 Å². The van der Waals surface area contributed by atoms with Gasteiger partial charge in [-0.3, -0.25) is 0 Å². The molecule has 0 amide bonds. The average Bonchev–Trinajstić information content (AvgIpc) is 2.58. The normalized spacial score (nSPS) is 10.6. The highest BCUT2D eigenvalue weighted by molar-refractivity contribution is 6.33. The van der Waals surface area contributed by atoms with E-state index in [2.05, 4.69) is 9.72 Å². The van der Waals surface area contributed by atoms with Crippen molar-refractivity contribution in [3.63, 3.8) is 0 Å². The maximum absolute atomic E-state index is 15.0. The van der Waals surface area contributed by atoms with Crippen molar-refractivity contribution in [2.45, 2.75) is 13.8 Å². The van der Waals surface area contributed by atoms with E-state index in [0.717, 1.165) is 0 Å². The fourth-order valence-corrected chi connectivity index (χ4v) is 2.85. The summed E-state index contributed by atoms with van der Waals surface area (Å²) in [5, 5.41) is 0.464. The fraction of sp³-hybridized carbons (Fsp3) is 0.294. The molecular formula is C17H17Cl2FN2O2. The number of rotatable bonds is 5. The highest BCUT2D eigenvalue weighted by atomic mass is 35.5. The number of benzene rings is 1. The number of anilines is 1. The zero-order valence-electron chi connectivity index (χ0n) is 13.6. The Morgan fingerprint density at radius 1 is 1.17 bits per heavy atom. The first-order chi connectivity index (χ1) is 11.4. The fourth-order valence-electron chi connectivity index (χ4n) is 2.40. The number of pyridine rings is 1. The van der Waals surface area contributed by atoms with Crippen LogP contribution in [0.5, 0.6) is 0 Å². The van der Waals surface area contributed by atoms with Crippen molar-refractivity contribution >= 4 is 34.9 Å². The zero-order valence-corrected chi connectivity index (χ0v) is 15.1. The second-order valence-electron chi connectivity index (χ2n) is 4.95. The summed E-state index contributed by atoms with van der Waals surface area (Å²) in [5.41, 5.74) is 0.774. The maximum atomic E-state index is 15.0. The van der Waals surface area contributed by atoms with Crippen LogP contribution in [0.3, 0.4) is 0 Å². The van der Waals surface area contributed by atoms with E-state index in [1.165, 1.54) is 19.2 Å². The standard InChI is InChI=1S/C17H17Cl2FN2O2/c1-4-22(5-2)16-12(19)7-6-10(14(16)20)13-9-8-11(18)15(21-13)17(23)24-3/h6-9H,4-5H2,1-3H3. The van der Waals surface area contributed by atoms with Crippen LogP contribution < -0.4 is 4.90 Å². The monoisotopic (exact) mass is 370 g/mol. The first kappa shape index (κ1) is 18.5. The Morgan fingerprint density at radius 3 is 2.38 bits per heavy atom. The predicted octanol–water partition coefficient (Wildman–Crippen LogP) is 4.83. The van der Waals surface area contributed by atoms with Gasteiger partial charge in [0.05, 0.1) is 28.5 Å². The maximum Gasteiger partial charge on any atom is 0.358 e. The average molecular weight is 371 g/mol. The Balaban J connectivity index is 2.62. The number of halogens is 3. The van der Waals surface area contributed by atoms with Gasteiger partial charge in [-0.05, 0) is 38.1 Å². The Bertz CT molecular complexity index is 764. The van der Waals surface area contributed by atoms with Crippen LogP contribution in [0.2, 0.25) is 10.0 Å². The number of carbonyl (C=O) groups is 1. The van der Waals surface area contributed by atoms with Gasteiger partial charge in [0.25, 0.3) is 0 Å². The highest BCUT2D eigenvalue weighted by Crippen LogP contribution is 2.35. The summed E-state index contributed by atoms with van der Waals surface area (Å²) in [6.07, 6.45) is 0. The third-order valence-corrected chi connectivity index (χ3v) is 4.26. The smallest absolute Gasteiger partial charge is 0.358 e. The number of aromatic nitrogens is 1. The van der Waals surface area contributed by atoms with Crippen LogP contribution in [0.4, 0.5) is 10.1 Å². The summed E-state index contributed by atoms with van der Waals surface area (Å²) < 4.78 is 19.7. The summed E-state index contributed by atoms with van der Waals surface area (Å²) in [7, 11) is 1.23. The molecule has 1 aromatic carbocycles. The second-order valence-corrected chi connectivity index (χ2v) is 5.76. The minimum atomic E-state index is -0.680. The lowest BCUT2D eigenvalue weighted by Crippen LogP contribution is -2.23. The van der Waals surface area contributed by atoms with Crippen LogP contribution in [0.25, 0.3) is 11.3 Å². The quantitative estimate of drug-likeness (QED) is 0.707. The SMILES string of the molecule is CCN(CC)c1c(Cl)ccc(-c2ccc(Cl)c(C(=O)OC)n2)c1F. The van der Waals surface area contributed by atoms with Gasteiger partial charge in [-0.1, -0.05) is 23.2 Å². The van der Waals surface area contributed by atoms with Gasteiger partial charge in [0.15, 0.2) is 11.5 Å². The largest absolute Gasteiger partial charge is 0.464 e. The lowest BCUT2D eigenvalue weighted by atomic mass is 10.1. The number of methoxy groups -OCH3 is 1. The summed E-state index contributed by atoms with van der Waals surface area (Å²) in [4.78, 5) is 17.7. The molecule has 0 aliphatic rings. The molecule has 7 heteroatoms. The van der Waals surface area contributed by atoms with Crippen LogP contribution in [0, 0.1) is 5.82 Å². The molecule has 0 fully saturated rings. The van der Waals surface area contributed by atoms with Crippen molar-refractivity contribution in [2.75, 3.05) is 25.1 Å². The van der Waals surface area contributed by atoms with Gasteiger partial charge >= 0.3 is 5.97 Å². The Kier molecular flexibility index (Phi) is 6.02. The van der Waals surface area contributed by atoms with Crippen LogP contribution in [0.15, 0.2) is 24.3 Å². The van der Waals surface area contributed by atoms with E-state index in [9.17, 15) is 4.79 Å². The Hall–Kier alpha value is -1.85. The van der Waals surface area contributed by atoms with Gasteiger partial charge < -0.3 is 9.64 Å². The lowest BCUT2D eigenvalue weighted by Gasteiger charge is -2.24. The molecule has 4 nitrogen and oxygen atoms in total. The Morgan fingerprint density at radius 2 is 1.79 bits per heavy atom. The second kappa shape index (κ2) is 7.81. The minimum absolute atomic E-state index is 0.0598. The number of nitrogens with zero attached hydrogens (tertiary/aromatic N) is 2. The van der Waals surface area contributed by atoms with E-state index in [1.54, 1.807) is 12.1 Å². The van der Waals surface area contributed by atoms with Crippen LogP contribution in [-0.2, 0) is 4.74 Å². The summed E-state index contributed by atoms with van der Waals surface area (Å²) in [6.45, 7) is 5.06. The molecule has 0 saturated carbocycles. The minimum Gasteiger partial charge on any atom is -0.464 e. The summed E-state index contributed by atoms with van der Waals surface area (Å²) in [6, 6.07) is 6.18.